The summed E-state index contributed by atoms with van der Waals surface area (Å²) in [5.74, 6) is 1.08. The summed E-state index contributed by atoms with van der Waals surface area (Å²) in [6.07, 6.45) is 0.735. The van der Waals surface area contributed by atoms with Crippen LogP contribution >= 0.6 is 23.1 Å². The molecule has 0 aliphatic rings. The fourth-order valence-corrected chi connectivity index (χ4v) is 3.02. The average Bonchev–Trinajstić information content (AvgIpc) is 3.12. The monoisotopic (exact) mass is 327 g/mol. The zero-order chi connectivity index (χ0) is 15.1. The van der Waals surface area contributed by atoms with Gasteiger partial charge in [0.1, 0.15) is 6.04 Å². The molecule has 1 amide bonds. The van der Waals surface area contributed by atoms with Crippen molar-refractivity contribution in [1.29, 1.82) is 0 Å². The van der Waals surface area contributed by atoms with Crippen molar-refractivity contribution in [3.05, 3.63) is 22.7 Å². The Labute approximate surface area is 128 Å². The lowest BCUT2D eigenvalue weighted by atomic mass is 10.2. The van der Waals surface area contributed by atoms with Gasteiger partial charge in [-0.05, 0) is 23.6 Å². The molecule has 7 nitrogen and oxygen atoms in total. The first-order chi connectivity index (χ1) is 10.2. The van der Waals surface area contributed by atoms with Gasteiger partial charge in [0.05, 0.1) is 5.75 Å². The van der Waals surface area contributed by atoms with Crippen LogP contribution in [-0.2, 0) is 15.3 Å². The van der Waals surface area contributed by atoms with Crippen molar-refractivity contribution in [1.82, 2.24) is 15.5 Å². The summed E-state index contributed by atoms with van der Waals surface area (Å²) in [7, 11) is 0. The first-order valence-corrected chi connectivity index (χ1v) is 8.16. The van der Waals surface area contributed by atoms with Gasteiger partial charge in [0.15, 0.2) is 0 Å². The Balaban J connectivity index is 1.76. The van der Waals surface area contributed by atoms with E-state index in [1.165, 1.54) is 11.8 Å². The van der Waals surface area contributed by atoms with Crippen molar-refractivity contribution < 1.29 is 19.2 Å². The molecule has 0 aromatic carbocycles. The van der Waals surface area contributed by atoms with E-state index in [-0.39, 0.29) is 0 Å². The van der Waals surface area contributed by atoms with Crippen LogP contribution in [-0.4, -0.2) is 39.4 Å². The Morgan fingerprint density at radius 3 is 3.14 bits per heavy atom. The van der Waals surface area contributed by atoms with Gasteiger partial charge in [0.25, 0.3) is 0 Å². The summed E-state index contributed by atoms with van der Waals surface area (Å²) in [6, 6.07) is 1.05. The first-order valence-electron chi connectivity index (χ1n) is 6.06. The highest BCUT2D eigenvalue weighted by molar-refractivity contribution is 7.98. The van der Waals surface area contributed by atoms with E-state index in [4.69, 9.17) is 9.63 Å². The van der Waals surface area contributed by atoms with E-state index in [0.29, 0.717) is 36.1 Å². The van der Waals surface area contributed by atoms with E-state index < -0.39 is 12.0 Å². The summed E-state index contributed by atoms with van der Waals surface area (Å²) >= 11 is 3.03. The number of carbonyl (C=O) groups excluding carboxylic acids is 1. The normalized spacial score (nSPS) is 12.0. The molecule has 1 unspecified atom stereocenters. The zero-order valence-electron chi connectivity index (χ0n) is 10.9. The van der Waals surface area contributed by atoms with Crippen molar-refractivity contribution >= 4 is 35.5 Å². The summed E-state index contributed by atoms with van der Waals surface area (Å²) in [5.41, 5.74) is 0.918. The molecule has 21 heavy (non-hydrogen) atoms. The summed E-state index contributed by atoms with van der Waals surface area (Å²) < 4.78 is 5.13. The SMILES string of the molecule is O=CNC(CCSCc1nc(-c2ccsc2)no1)C(=O)O. The third-order valence-corrected chi connectivity index (χ3v) is 4.25. The predicted molar refractivity (Wildman–Crippen MR) is 79.0 cm³/mol. The third kappa shape index (κ3) is 4.57. The van der Waals surface area contributed by atoms with E-state index >= 15 is 0 Å². The standard InChI is InChI=1S/C12H13N3O4S2/c16-7-13-9(12(17)18)2-4-21-6-10-14-11(15-19-10)8-1-3-20-5-8/h1,3,5,7,9H,2,4,6H2,(H,13,16)(H,17,18). The van der Waals surface area contributed by atoms with Crippen molar-refractivity contribution in [3.8, 4) is 11.4 Å². The Kier molecular flexibility index (Phi) is 5.76. The Morgan fingerprint density at radius 1 is 1.62 bits per heavy atom. The first kappa shape index (κ1) is 15.5. The minimum atomic E-state index is -1.04. The number of rotatable bonds is 9. The third-order valence-electron chi connectivity index (χ3n) is 2.59. The molecule has 112 valence electrons. The number of aromatic nitrogens is 2. The Bertz CT molecular complexity index is 585. The molecule has 0 saturated carbocycles. The number of thiophene rings is 1. The lowest BCUT2D eigenvalue weighted by Crippen LogP contribution is -2.36. The highest BCUT2D eigenvalue weighted by atomic mass is 32.2. The second kappa shape index (κ2) is 7.79. The topological polar surface area (TPSA) is 105 Å². The van der Waals surface area contributed by atoms with Crippen LogP contribution in [0.3, 0.4) is 0 Å². The molecule has 0 saturated heterocycles. The average molecular weight is 327 g/mol. The van der Waals surface area contributed by atoms with Gasteiger partial charge in [-0.3, -0.25) is 4.79 Å². The lowest BCUT2D eigenvalue weighted by Gasteiger charge is -2.09. The molecule has 0 fully saturated rings. The van der Waals surface area contributed by atoms with Crippen molar-refractivity contribution in [2.75, 3.05) is 5.75 Å². The molecule has 0 bridgehead atoms. The van der Waals surface area contributed by atoms with Gasteiger partial charge in [-0.1, -0.05) is 5.16 Å². The number of nitrogens with one attached hydrogen (secondary N) is 1. The van der Waals surface area contributed by atoms with Gasteiger partial charge < -0.3 is 14.9 Å². The minimum absolute atomic E-state index is 0.338. The van der Waals surface area contributed by atoms with Gasteiger partial charge >= 0.3 is 5.97 Å². The molecule has 1 atom stereocenters. The Morgan fingerprint density at radius 2 is 2.48 bits per heavy atom. The summed E-state index contributed by atoms with van der Waals surface area (Å²) in [6.45, 7) is 0. The number of thioether (sulfide) groups is 1. The highest BCUT2D eigenvalue weighted by Crippen LogP contribution is 2.20. The van der Waals surface area contributed by atoms with E-state index in [1.807, 2.05) is 16.8 Å². The molecule has 0 aliphatic carbocycles. The number of amides is 1. The molecular formula is C12H13N3O4S2. The van der Waals surface area contributed by atoms with E-state index in [0.717, 1.165) is 5.56 Å². The molecule has 2 rings (SSSR count). The fraction of sp³-hybridized carbons (Fsp3) is 0.333. The van der Waals surface area contributed by atoms with Crippen LogP contribution in [0.1, 0.15) is 12.3 Å². The fourth-order valence-electron chi connectivity index (χ4n) is 1.54. The van der Waals surface area contributed by atoms with Crippen molar-refractivity contribution in [3.63, 3.8) is 0 Å². The van der Waals surface area contributed by atoms with Gasteiger partial charge in [0, 0.05) is 10.9 Å². The van der Waals surface area contributed by atoms with Crippen LogP contribution in [0, 0.1) is 0 Å². The number of carboxylic acids is 1. The molecule has 0 aliphatic heterocycles. The quantitative estimate of drug-likeness (QED) is 0.532. The number of nitrogens with zero attached hydrogens (tertiary/aromatic N) is 2. The van der Waals surface area contributed by atoms with Crippen molar-refractivity contribution in [2.24, 2.45) is 0 Å². The highest BCUT2D eigenvalue weighted by Gasteiger charge is 2.16. The molecule has 2 aromatic heterocycles. The second-order valence-electron chi connectivity index (χ2n) is 4.04. The number of hydrogen-bond donors (Lipinski definition) is 2. The van der Waals surface area contributed by atoms with Crippen LogP contribution in [0.4, 0.5) is 0 Å². The predicted octanol–water partition coefficient (Wildman–Crippen LogP) is 1.62. The van der Waals surface area contributed by atoms with Crippen LogP contribution in [0.2, 0.25) is 0 Å². The largest absolute Gasteiger partial charge is 0.480 e. The summed E-state index contributed by atoms with van der Waals surface area (Å²) in [4.78, 5) is 25.4. The number of carbonyl (C=O) groups is 2. The maximum atomic E-state index is 10.8. The smallest absolute Gasteiger partial charge is 0.326 e. The van der Waals surface area contributed by atoms with E-state index in [1.54, 1.807) is 11.3 Å². The number of aliphatic carboxylic acids is 1. The maximum absolute atomic E-state index is 10.8. The zero-order valence-corrected chi connectivity index (χ0v) is 12.5. The van der Waals surface area contributed by atoms with E-state index in [9.17, 15) is 9.59 Å². The number of hydrogen-bond acceptors (Lipinski definition) is 7. The van der Waals surface area contributed by atoms with Crippen LogP contribution < -0.4 is 5.32 Å². The maximum Gasteiger partial charge on any atom is 0.326 e. The molecular weight excluding hydrogens is 314 g/mol. The summed E-state index contributed by atoms with van der Waals surface area (Å²) in [5, 5.41) is 18.9. The molecule has 9 heteroatoms. The molecule has 0 spiro atoms. The number of carboxylic acid groups (broad SMARTS) is 1. The van der Waals surface area contributed by atoms with Crippen LogP contribution in [0.5, 0.6) is 0 Å². The minimum Gasteiger partial charge on any atom is -0.480 e. The second-order valence-corrected chi connectivity index (χ2v) is 5.93. The van der Waals surface area contributed by atoms with Gasteiger partial charge in [-0.15, -0.1) is 0 Å². The van der Waals surface area contributed by atoms with Gasteiger partial charge in [0.2, 0.25) is 18.1 Å². The van der Waals surface area contributed by atoms with Crippen molar-refractivity contribution in [2.45, 2.75) is 18.2 Å². The van der Waals surface area contributed by atoms with Crippen LogP contribution in [0.25, 0.3) is 11.4 Å². The molecule has 0 radical (unpaired) electrons. The van der Waals surface area contributed by atoms with Crippen LogP contribution in [0.15, 0.2) is 21.3 Å². The van der Waals surface area contributed by atoms with E-state index in [2.05, 4.69) is 15.5 Å². The molecule has 2 heterocycles. The lowest BCUT2D eigenvalue weighted by molar-refractivity contribution is -0.140. The Hall–Kier alpha value is -1.87. The molecule has 2 N–H and O–H groups in total. The van der Waals surface area contributed by atoms with Gasteiger partial charge in [-0.25, -0.2) is 4.79 Å². The molecule has 2 aromatic rings. The van der Waals surface area contributed by atoms with Gasteiger partial charge in [-0.2, -0.15) is 28.1 Å².